The number of aromatic nitrogens is 3. The minimum Gasteiger partial charge on any atom is -0.351 e. The van der Waals surface area contributed by atoms with Gasteiger partial charge in [0.2, 0.25) is 0 Å². The van der Waals surface area contributed by atoms with Gasteiger partial charge in [0.05, 0.1) is 12.0 Å². The fourth-order valence-corrected chi connectivity index (χ4v) is 3.33. The molecule has 0 atom stereocenters. The van der Waals surface area contributed by atoms with Crippen LogP contribution in [-0.4, -0.2) is 27.0 Å². The van der Waals surface area contributed by atoms with Crippen molar-refractivity contribution in [2.24, 2.45) is 0 Å². The normalized spacial score (nSPS) is 10.8. The summed E-state index contributed by atoms with van der Waals surface area (Å²) in [6.45, 7) is 3.12. The van der Waals surface area contributed by atoms with Crippen LogP contribution in [0.5, 0.6) is 0 Å². The molecular weight excluding hydrogens is 327 g/mol. The molecule has 0 saturated carbocycles. The maximum atomic E-state index is 13.9. The van der Waals surface area contributed by atoms with Crippen LogP contribution >= 0.6 is 11.3 Å². The highest BCUT2D eigenvalue weighted by atomic mass is 32.1. The van der Waals surface area contributed by atoms with Crippen LogP contribution in [-0.2, 0) is 6.54 Å². The molecule has 0 fully saturated rings. The monoisotopic (exact) mass is 344 g/mol. The fourth-order valence-electron chi connectivity index (χ4n) is 2.32. The Morgan fingerprint density at radius 1 is 1.38 bits per heavy atom. The molecule has 0 radical (unpaired) electrons. The fraction of sp³-hybridized carbons (Fsp3) is 0.235. The topological polar surface area (TPSA) is 59.8 Å². The van der Waals surface area contributed by atoms with Gasteiger partial charge in [-0.1, -0.05) is 12.1 Å². The van der Waals surface area contributed by atoms with Gasteiger partial charge in [-0.15, -0.1) is 11.3 Å². The van der Waals surface area contributed by atoms with Crippen molar-refractivity contribution in [1.82, 2.24) is 19.9 Å². The number of halogens is 1. The largest absolute Gasteiger partial charge is 0.351 e. The molecule has 0 aliphatic carbocycles. The van der Waals surface area contributed by atoms with Crippen molar-refractivity contribution >= 4 is 17.2 Å². The van der Waals surface area contributed by atoms with Crippen LogP contribution in [0.25, 0.3) is 10.6 Å². The SMILES string of the molecule is Cc1nc(-c2ccccc2F)sc1C(=O)NCCCn1ccnc1. The number of aryl methyl sites for hydroxylation is 2. The van der Waals surface area contributed by atoms with Crippen LogP contribution in [0.3, 0.4) is 0 Å². The molecule has 24 heavy (non-hydrogen) atoms. The number of hydrogen-bond donors (Lipinski definition) is 1. The average Bonchev–Trinajstić information content (AvgIpc) is 3.21. The Bertz CT molecular complexity index is 829. The van der Waals surface area contributed by atoms with Gasteiger partial charge in [0.1, 0.15) is 15.7 Å². The van der Waals surface area contributed by atoms with E-state index in [9.17, 15) is 9.18 Å². The Kier molecular flexibility index (Phi) is 5.00. The van der Waals surface area contributed by atoms with Gasteiger partial charge in [-0.2, -0.15) is 0 Å². The van der Waals surface area contributed by atoms with Crippen LogP contribution in [0.15, 0.2) is 43.0 Å². The van der Waals surface area contributed by atoms with Gasteiger partial charge < -0.3 is 9.88 Å². The summed E-state index contributed by atoms with van der Waals surface area (Å²) in [7, 11) is 0. The molecule has 1 amide bonds. The smallest absolute Gasteiger partial charge is 0.263 e. The number of amides is 1. The first kappa shape index (κ1) is 16.3. The first-order chi connectivity index (χ1) is 11.6. The molecule has 0 bridgehead atoms. The highest BCUT2D eigenvalue weighted by Gasteiger charge is 2.17. The predicted molar refractivity (Wildman–Crippen MR) is 91.4 cm³/mol. The van der Waals surface area contributed by atoms with E-state index in [0.717, 1.165) is 13.0 Å². The number of rotatable bonds is 6. The van der Waals surface area contributed by atoms with Gasteiger partial charge in [-0.25, -0.2) is 14.4 Å². The highest BCUT2D eigenvalue weighted by Crippen LogP contribution is 2.29. The zero-order valence-corrected chi connectivity index (χ0v) is 14.0. The van der Waals surface area contributed by atoms with Gasteiger partial charge in [-0.05, 0) is 25.5 Å². The van der Waals surface area contributed by atoms with Crippen LogP contribution in [0.2, 0.25) is 0 Å². The van der Waals surface area contributed by atoms with Crippen molar-refractivity contribution in [2.45, 2.75) is 19.9 Å². The second-order valence-corrected chi connectivity index (χ2v) is 6.32. The standard InChI is InChI=1S/C17H17FN4OS/c1-12-15(16(23)20-7-4-9-22-10-8-19-11-22)24-17(21-12)13-5-2-3-6-14(13)18/h2-3,5-6,8,10-11H,4,7,9H2,1H3,(H,20,23). The maximum Gasteiger partial charge on any atom is 0.263 e. The minimum absolute atomic E-state index is 0.168. The Labute approximate surface area is 143 Å². The van der Waals surface area contributed by atoms with Crippen molar-refractivity contribution in [3.05, 3.63) is 59.4 Å². The zero-order chi connectivity index (χ0) is 16.9. The van der Waals surface area contributed by atoms with Crippen LogP contribution in [0.1, 0.15) is 21.8 Å². The third-order valence-electron chi connectivity index (χ3n) is 3.54. The van der Waals surface area contributed by atoms with Crippen molar-refractivity contribution in [3.8, 4) is 10.6 Å². The lowest BCUT2D eigenvalue weighted by atomic mass is 10.2. The van der Waals surface area contributed by atoms with Crippen LogP contribution in [0.4, 0.5) is 4.39 Å². The molecule has 124 valence electrons. The zero-order valence-electron chi connectivity index (χ0n) is 13.2. The molecule has 0 aliphatic rings. The van der Waals surface area contributed by atoms with E-state index in [-0.39, 0.29) is 11.7 Å². The van der Waals surface area contributed by atoms with E-state index < -0.39 is 0 Å². The van der Waals surface area contributed by atoms with Crippen molar-refractivity contribution in [1.29, 1.82) is 0 Å². The quantitative estimate of drug-likeness (QED) is 0.698. The number of carbonyl (C=O) groups is 1. The molecular formula is C17H17FN4OS. The molecule has 7 heteroatoms. The summed E-state index contributed by atoms with van der Waals surface area (Å²) in [6.07, 6.45) is 6.16. The van der Waals surface area contributed by atoms with Crippen molar-refractivity contribution in [2.75, 3.05) is 6.54 Å². The predicted octanol–water partition coefficient (Wildman–Crippen LogP) is 3.27. The number of nitrogens with one attached hydrogen (secondary N) is 1. The van der Waals surface area contributed by atoms with Crippen molar-refractivity contribution in [3.63, 3.8) is 0 Å². The summed E-state index contributed by atoms with van der Waals surface area (Å²) < 4.78 is 15.8. The number of imidazole rings is 1. The number of hydrogen-bond acceptors (Lipinski definition) is 4. The lowest BCUT2D eigenvalue weighted by Crippen LogP contribution is -2.25. The second-order valence-electron chi connectivity index (χ2n) is 5.32. The van der Waals surface area contributed by atoms with E-state index in [1.54, 1.807) is 37.6 Å². The van der Waals surface area contributed by atoms with E-state index in [2.05, 4.69) is 15.3 Å². The minimum atomic E-state index is -0.335. The van der Waals surface area contributed by atoms with Crippen LogP contribution < -0.4 is 5.32 Å². The molecule has 0 unspecified atom stereocenters. The van der Waals surface area contributed by atoms with E-state index in [4.69, 9.17) is 0 Å². The third-order valence-corrected chi connectivity index (χ3v) is 4.73. The average molecular weight is 344 g/mol. The Hall–Kier alpha value is -2.54. The van der Waals surface area contributed by atoms with Gasteiger partial charge in [0.25, 0.3) is 5.91 Å². The number of benzene rings is 1. The van der Waals surface area contributed by atoms with Gasteiger partial charge in [0, 0.05) is 31.0 Å². The Balaban J connectivity index is 1.62. The first-order valence-electron chi connectivity index (χ1n) is 7.61. The maximum absolute atomic E-state index is 13.9. The number of carbonyl (C=O) groups excluding carboxylic acids is 1. The molecule has 1 N–H and O–H groups in total. The summed E-state index contributed by atoms with van der Waals surface area (Å²) in [5.41, 5.74) is 1.04. The molecule has 0 saturated heterocycles. The van der Waals surface area contributed by atoms with E-state index in [1.807, 2.05) is 10.8 Å². The van der Waals surface area contributed by atoms with Crippen molar-refractivity contribution < 1.29 is 9.18 Å². The van der Waals surface area contributed by atoms with Gasteiger partial charge in [0.15, 0.2) is 0 Å². The molecule has 0 aliphatic heterocycles. The Morgan fingerprint density at radius 2 is 2.21 bits per heavy atom. The molecule has 1 aromatic carbocycles. The van der Waals surface area contributed by atoms with E-state index in [1.165, 1.54) is 17.4 Å². The van der Waals surface area contributed by atoms with Gasteiger partial charge >= 0.3 is 0 Å². The molecule has 3 rings (SSSR count). The summed E-state index contributed by atoms with van der Waals surface area (Å²) in [5.74, 6) is -0.503. The van der Waals surface area contributed by atoms with Crippen LogP contribution in [0, 0.1) is 12.7 Å². The third kappa shape index (κ3) is 3.68. The first-order valence-corrected chi connectivity index (χ1v) is 8.43. The lowest BCUT2D eigenvalue weighted by molar-refractivity contribution is 0.0956. The summed E-state index contributed by atoms with van der Waals surface area (Å²) >= 11 is 1.21. The molecule has 5 nitrogen and oxygen atoms in total. The molecule has 0 spiro atoms. The molecule has 3 aromatic rings. The second kappa shape index (κ2) is 7.35. The Morgan fingerprint density at radius 3 is 2.96 bits per heavy atom. The van der Waals surface area contributed by atoms with Gasteiger partial charge in [-0.3, -0.25) is 4.79 Å². The number of nitrogens with zero attached hydrogens (tertiary/aromatic N) is 3. The molecule has 2 aromatic heterocycles. The number of thiazole rings is 1. The van der Waals surface area contributed by atoms with E-state index >= 15 is 0 Å². The summed E-state index contributed by atoms with van der Waals surface area (Å²) in [6, 6.07) is 6.44. The summed E-state index contributed by atoms with van der Waals surface area (Å²) in [5, 5.41) is 3.41. The lowest BCUT2D eigenvalue weighted by Gasteiger charge is -2.04. The van der Waals surface area contributed by atoms with E-state index in [0.29, 0.717) is 27.7 Å². The highest BCUT2D eigenvalue weighted by molar-refractivity contribution is 7.17. The molecule has 2 heterocycles. The summed E-state index contributed by atoms with van der Waals surface area (Å²) in [4.78, 5) is 21.1.